The average molecular weight is 398 g/mol. The molecular formula is C17H22N2O7S. The highest BCUT2D eigenvalue weighted by Crippen LogP contribution is 2.16. The van der Waals surface area contributed by atoms with E-state index < -0.39 is 34.4 Å². The molecule has 148 valence electrons. The largest absolute Gasteiger partial charge is 0.452 e. The molecule has 0 saturated carbocycles. The summed E-state index contributed by atoms with van der Waals surface area (Å²) in [5, 5.41) is 0. The fraction of sp³-hybridized carbons (Fsp3) is 0.471. The Bertz CT molecular complexity index is 814. The number of ether oxygens (including phenoxy) is 2. The van der Waals surface area contributed by atoms with Crippen LogP contribution in [0.25, 0.3) is 0 Å². The molecule has 1 aromatic carbocycles. The van der Waals surface area contributed by atoms with Gasteiger partial charge in [-0.1, -0.05) is 12.1 Å². The van der Waals surface area contributed by atoms with Crippen molar-refractivity contribution in [3.8, 4) is 0 Å². The van der Waals surface area contributed by atoms with Gasteiger partial charge in [0.1, 0.15) is 0 Å². The zero-order valence-electron chi connectivity index (χ0n) is 15.2. The molecule has 1 fully saturated rings. The van der Waals surface area contributed by atoms with Gasteiger partial charge in [0, 0.05) is 32.4 Å². The molecule has 1 aliphatic heterocycles. The number of nitrogens with zero attached hydrogens (tertiary/aromatic N) is 2. The summed E-state index contributed by atoms with van der Waals surface area (Å²) in [6.07, 6.45) is 0.571. The molecule has 0 radical (unpaired) electrons. The zero-order valence-corrected chi connectivity index (χ0v) is 16.0. The van der Waals surface area contributed by atoms with Gasteiger partial charge in [-0.05, 0) is 19.1 Å². The van der Waals surface area contributed by atoms with Gasteiger partial charge >= 0.3 is 12.1 Å². The summed E-state index contributed by atoms with van der Waals surface area (Å²) in [4.78, 5) is 38.9. The SMILES string of the molecule is CCOC(=O)N1CCN(C(=O)COC(=O)c2ccccc2S(C)(=O)=O)CC1. The number of rotatable bonds is 5. The highest BCUT2D eigenvalue weighted by Gasteiger charge is 2.26. The van der Waals surface area contributed by atoms with E-state index >= 15 is 0 Å². The number of hydrogen-bond donors (Lipinski definition) is 0. The molecule has 0 spiro atoms. The van der Waals surface area contributed by atoms with Gasteiger partial charge < -0.3 is 19.3 Å². The van der Waals surface area contributed by atoms with Gasteiger partial charge in [-0.15, -0.1) is 0 Å². The minimum absolute atomic E-state index is 0.111. The van der Waals surface area contributed by atoms with Crippen molar-refractivity contribution in [3.05, 3.63) is 29.8 Å². The second kappa shape index (κ2) is 8.85. The molecule has 9 nitrogen and oxygen atoms in total. The molecule has 0 unspecified atom stereocenters. The van der Waals surface area contributed by atoms with E-state index in [0.29, 0.717) is 26.2 Å². The number of piperazine rings is 1. The number of amides is 2. The Hall–Kier alpha value is -2.62. The Labute approximate surface area is 157 Å². The lowest BCUT2D eigenvalue weighted by Crippen LogP contribution is -2.51. The summed E-state index contributed by atoms with van der Waals surface area (Å²) in [5.74, 6) is -1.29. The van der Waals surface area contributed by atoms with Gasteiger partial charge in [-0.3, -0.25) is 4.79 Å². The van der Waals surface area contributed by atoms with Gasteiger partial charge in [0.05, 0.1) is 17.1 Å². The Balaban J connectivity index is 1.90. The van der Waals surface area contributed by atoms with Crippen LogP contribution in [0, 0.1) is 0 Å². The lowest BCUT2D eigenvalue weighted by molar-refractivity contribution is -0.136. The molecule has 1 aromatic rings. The summed E-state index contributed by atoms with van der Waals surface area (Å²) < 4.78 is 33.4. The lowest BCUT2D eigenvalue weighted by atomic mass is 10.2. The molecule has 1 aliphatic rings. The van der Waals surface area contributed by atoms with Crippen LogP contribution in [0.15, 0.2) is 29.2 Å². The molecule has 2 amide bonds. The van der Waals surface area contributed by atoms with Crippen LogP contribution in [-0.4, -0.2) is 81.8 Å². The smallest absolute Gasteiger partial charge is 0.409 e. The van der Waals surface area contributed by atoms with Crippen molar-refractivity contribution in [2.75, 3.05) is 45.6 Å². The Kier molecular flexibility index (Phi) is 6.78. The highest BCUT2D eigenvalue weighted by atomic mass is 32.2. The van der Waals surface area contributed by atoms with E-state index in [1.807, 2.05) is 0 Å². The van der Waals surface area contributed by atoms with Crippen molar-refractivity contribution in [2.45, 2.75) is 11.8 Å². The van der Waals surface area contributed by atoms with Crippen LogP contribution >= 0.6 is 0 Å². The van der Waals surface area contributed by atoms with Crippen LogP contribution in [0.3, 0.4) is 0 Å². The molecule has 0 atom stereocenters. The Morgan fingerprint density at radius 1 is 1.00 bits per heavy atom. The van der Waals surface area contributed by atoms with Crippen LogP contribution < -0.4 is 0 Å². The zero-order chi connectivity index (χ0) is 20.0. The maximum absolute atomic E-state index is 12.2. The van der Waals surface area contributed by atoms with E-state index in [2.05, 4.69) is 0 Å². The summed E-state index contributed by atoms with van der Waals surface area (Å²) >= 11 is 0. The summed E-state index contributed by atoms with van der Waals surface area (Å²) in [6, 6.07) is 5.66. The van der Waals surface area contributed by atoms with E-state index in [1.54, 1.807) is 6.92 Å². The third kappa shape index (κ3) is 5.43. The normalized spacial score (nSPS) is 14.6. The number of carbonyl (C=O) groups excluding carboxylic acids is 3. The maximum atomic E-state index is 12.2. The van der Waals surface area contributed by atoms with Gasteiger partial charge in [0.2, 0.25) is 0 Å². The van der Waals surface area contributed by atoms with Crippen LogP contribution in [-0.2, 0) is 24.1 Å². The first-order valence-corrected chi connectivity index (χ1v) is 10.3. The number of benzene rings is 1. The fourth-order valence-corrected chi connectivity index (χ4v) is 3.48. The van der Waals surface area contributed by atoms with E-state index in [0.717, 1.165) is 6.26 Å². The predicted octanol–water partition coefficient (Wildman–Crippen LogP) is 0.548. The molecule has 0 aliphatic carbocycles. The number of carbonyl (C=O) groups is 3. The second-order valence-electron chi connectivity index (χ2n) is 5.91. The molecule has 1 heterocycles. The van der Waals surface area contributed by atoms with Gasteiger partial charge in [0.15, 0.2) is 16.4 Å². The number of sulfone groups is 1. The minimum Gasteiger partial charge on any atom is -0.452 e. The number of esters is 1. The first kappa shape index (κ1) is 20.7. The molecule has 2 rings (SSSR count). The van der Waals surface area contributed by atoms with Gasteiger partial charge in [-0.25, -0.2) is 18.0 Å². The van der Waals surface area contributed by atoms with Crippen molar-refractivity contribution in [1.29, 1.82) is 0 Å². The van der Waals surface area contributed by atoms with E-state index in [9.17, 15) is 22.8 Å². The van der Waals surface area contributed by atoms with Crippen LogP contribution in [0.4, 0.5) is 4.79 Å². The van der Waals surface area contributed by atoms with Crippen molar-refractivity contribution in [3.63, 3.8) is 0 Å². The lowest BCUT2D eigenvalue weighted by Gasteiger charge is -2.33. The Morgan fingerprint density at radius 3 is 2.19 bits per heavy atom. The third-order valence-corrected chi connectivity index (χ3v) is 5.15. The summed E-state index contributed by atoms with van der Waals surface area (Å²) in [6.45, 7) is 2.75. The fourth-order valence-electron chi connectivity index (χ4n) is 2.61. The van der Waals surface area contributed by atoms with E-state index in [-0.39, 0.29) is 17.1 Å². The van der Waals surface area contributed by atoms with Gasteiger partial charge in [-0.2, -0.15) is 0 Å². The quantitative estimate of drug-likeness (QED) is 0.666. The second-order valence-corrected chi connectivity index (χ2v) is 7.90. The predicted molar refractivity (Wildman–Crippen MR) is 95.0 cm³/mol. The van der Waals surface area contributed by atoms with Crippen molar-refractivity contribution >= 4 is 27.8 Å². The Morgan fingerprint density at radius 2 is 1.59 bits per heavy atom. The van der Waals surface area contributed by atoms with Crippen molar-refractivity contribution in [2.24, 2.45) is 0 Å². The van der Waals surface area contributed by atoms with Crippen LogP contribution in [0.1, 0.15) is 17.3 Å². The van der Waals surface area contributed by atoms with Crippen LogP contribution in [0.2, 0.25) is 0 Å². The average Bonchev–Trinajstić information content (AvgIpc) is 2.65. The molecule has 0 aromatic heterocycles. The number of hydrogen-bond acceptors (Lipinski definition) is 7. The first-order chi connectivity index (χ1) is 12.7. The molecule has 0 bridgehead atoms. The minimum atomic E-state index is -3.60. The molecule has 0 N–H and O–H groups in total. The highest BCUT2D eigenvalue weighted by molar-refractivity contribution is 7.90. The molecule has 27 heavy (non-hydrogen) atoms. The molecule has 1 saturated heterocycles. The monoisotopic (exact) mass is 398 g/mol. The molecule has 10 heteroatoms. The van der Waals surface area contributed by atoms with Crippen molar-refractivity contribution in [1.82, 2.24) is 9.80 Å². The van der Waals surface area contributed by atoms with Crippen molar-refractivity contribution < 1.29 is 32.3 Å². The summed E-state index contributed by atoms with van der Waals surface area (Å²) in [5.41, 5.74) is -0.111. The van der Waals surface area contributed by atoms with E-state index in [1.165, 1.54) is 34.1 Å². The topological polar surface area (TPSA) is 110 Å². The standard InChI is InChI=1S/C17H22N2O7S/c1-3-25-17(22)19-10-8-18(9-11-19)15(20)12-26-16(21)13-6-4-5-7-14(13)27(2,23)24/h4-7H,3,8-12H2,1-2H3. The van der Waals surface area contributed by atoms with Crippen LogP contribution in [0.5, 0.6) is 0 Å². The van der Waals surface area contributed by atoms with E-state index in [4.69, 9.17) is 9.47 Å². The first-order valence-electron chi connectivity index (χ1n) is 8.39. The third-order valence-electron chi connectivity index (χ3n) is 3.99. The molecular weight excluding hydrogens is 376 g/mol. The van der Waals surface area contributed by atoms with Gasteiger partial charge in [0.25, 0.3) is 5.91 Å². The summed E-state index contributed by atoms with van der Waals surface area (Å²) in [7, 11) is -3.60. The maximum Gasteiger partial charge on any atom is 0.409 e.